The van der Waals surface area contributed by atoms with Crippen LogP contribution in [0.2, 0.25) is 0 Å². The first-order valence-corrected chi connectivity index (χ1v) is 6.07. The van der Waals surface area contributed by atoms with Gasteiger partial charge in [0.15, 0.2) is 0 Å². The van der Waals surface area contributed by atoms with Crippen LogP contribution in [0.25, 0.3) is 0 Å². The Morgan fingerprint density at radius 1 is 1.18 bits per heavy atom. The summed E-state index contributed by atoms with van der Waals surface area (Å²) < 4.78 is 5.80. The Balaban J connectivity index is 2.65. The third-order valence-electron chi connectivity index (χ3n) is 2.52. The summed E-state index contributed by atoms with van der Waals surface area (Å²) in [5, 5.41) is 3.06. The molecule has 94 valence electrons. The molecule has 0 unspecified atom stereocenters. The number of benzene rings is 1. The van der Waals surface area contributed by atoms with Gasteiger partial charge < -0.3 is 10.1 Å². The summed E-state index contributed by atoms with van der Waals surface area (Å²) in [5.74, 6) is 0.981. The molecule has 1 rings (SSSR count). The summed E-state index contributed by atoms with van der Waals surface area (Å²) in [6.07, 6.45) is 4.11. The zero-order valence-electron chi connectivity index (χ0n) is 11.3. The van der Waals surface area contributed by atoms with E-state index in [1.807, 2.05) is 25.3 Å². The predicted molar refractivity (Wildman–Crippen MR) is 73.7 cm³/mol. The minimum atomic E-state index is 0.116. The van der Waals surface area contributed by atoms with Crippen LogP contribution in [-0.4, -0.2) is 20.2 Å². The van der Waals surface area contributed by atoms with Crippen LogP contribution in [0.15, 0.2) is 36.4 Å². The number of likely N-dealkylation sites (N-methyl/N-ethyl adjacent to an activating group) is 1. The average molecular weight is 233 g/mol. The van der Waals surface area contributed by atoms with Crippen molar-refractivity contribution >= 4 is 0 Å². The van der Waals surface area contributed by atoms with Gasteiger partial charge in [0.05, 0.1) is 0 Å². The highest BCUT2D eigenvalue weighted by Gasteiger charge is 2.17. The summed E-state index contributed by atoms with van der Waals surface area (Å²) in [7, 11) is 1.93. The van der Waals surface area contributed by atoms with Gasteiger partial charge in [0.25, 0.3) is 0 Å². The van der Waals surface area contributed by atoms with Crippen LogP contribution in [0.3, 0.4) is 0 Å². The lowest BCUT2D eigenvalue weighted by molar-refractivity contribution is 0.350. The molecule has 1 aromatic rings. The van der Waals surface area contributed by atoms with Gasteiger partial charge in [-0.2, -0.15) is 0 Å². The van der Waals surface area contributed by atoms with E-state index in [9.17, 15) is 0 Å². The van der Waals surface area contributed by atoms with Crippen LogP contribution in [0.5, 0.6) is 5.75 Å². The first-order valence-electron chi connectivity index (χ1n) is 6.07. The minimum absolute atomic E-state index is 0.116. The molecule has 1 aromatic carbocycles. The van der Waals surface area contributed by atoms with Gasteiger partial charge in [0.1, 0.15) is 12.4 Å². The molecule has 0 saturated carbocycles. The van der Waals surface area contributed by atoms with Gasteiger partial charge in [-0.1, -0.05) is 51.1 Å². The molecule has 0 saturated heterocycles. The highest BCUT2D eigenvalue weighted by Crippen LogP contribution is 2.30. The molecule has 0 radical (unpaired) electrons. The zero-order valence-corrected chi connectivity index (χ0v) is 11.3. The first kappa shape index (κ1) is 13.8. The fourth-order valence-corrected chi connectivity index (χ4v) is 1.62. The van der Waals surface area contributed by atoms with Crippen molar-refractivity contribution in [1.82, 2.24) is 5.32 Å². The average Bonchev–Trinajstić information content (AvgIpc) is 2.28. The third-order valence-corrected chi connectivity index (χ3v) is 2.52. The van der Waals surface area contributed by atoms with Crippen molar-refractivity contribution in [2.24, 2.45) is 0 Å². The van der Waals surface area contributed by atoms with E-state index in [0.29, 0.717) is 6.61 Å². The quantitative estimate of drug-likeness (QED) is 0.789. The monoisotopic (exact) mass is 233 g/mol. The van der Waals surface area contributed by atoms with E-state index in [4.69, 9.17) is 4.74 Å². The molecular formula is C15H23NO. The largest absolute Gasteiger partial charge is 0.489 e. The molecule has 2 nitrogen and oxygen atoms in total. The molecule has 0 fully saturated rings. The number of ether oxygens (including phenoxy) is 1. The Labute approximate surface area is 105 Å². The van der Waals surface area contributed by atoms with E-state index in [-0.39, 0.29) is 5.41 Å². The van der Waals surface area contributed by atoms with E-state index in [0.717, 1.165) is 12.3 Å². The van der Waals surface area contributed by atoms with E-state index in [2.05, 4.69) is 44.3 Å². The standard InChI is InChI=1S/C15H23NO/c1-15(2,3)13-9-5-6-10-14(13)17-12-8-7-11-16-4/h5-10,16H,11-12H2,1-4H3/b8-7+. The molecule has 0 aliphatic carbocycles. The molecule has 0 aromatic heterocycles. The Morgan fingerprint density at radius 3 is 2.53 bits per heavy atom. The first-order chi connectivity index (χ1) is 8.05. The second-order valence-electron chi connectivity index (χ2n) is 5.09. The van der Waals surface area contributed by atoms with Crippen molar-refractivity contribution < 1.29 is 4.74 Å². The maximum Gasteiger partial charge on any atom is 0.123 e. The molecule has 0 amide bonds. The lowest BCUT2D eigenvalue weighted by atomic mass is 9.86. The topological polar surface area (TPSA) is 21.3 Å². The van der Waals surface area contributed by atoms with Gasteiger partial charge in [-0.3, -0.25) is 0 Å². The van der Waals surface area contributed by atoms with Crippen LogP contribution in [0.4, 0.5) is 0 Å². The maximum atomic E-state index is 5.80. The number of hydrogen-bond acceptors (Lipinski definition) is 2. The van der Waals surface area contributed by atoms with Crippen LogP contribution in [0.1, 0.15) is 26.3 Å². The van der Waals surface area contributed by atoms with Crippen molar-refractivity contribution in [2.75, 3.05) is 20.2 Å². The lowest BCUT2D eigenvalue weighted by Crippen LogP contribution is -2.13. The van der Waals surface area contributed by atoms with E-state index >= 15 is 0 Å². The van der Waals surface area contributed by atoms with Gasteiger partial charge in [0.2, 0.25) is 0 Å². The summed E-state index contributed by atoms with van der Waals surface area (Å²) in [5.41, 5.74) is 1.37. The Morgan fingerprint density at radius 2 is 1.88 bits per heavy atom. The second kappa shape index (κ2) is 6.45. The second-order valence-corrected chi connectivity index (χ2v) is 5.09. The fraction of sp³-hybridized carbons (Fsp3) is 0.467. The summed E-state index contributed by atoms with van der Waals surface area (Å²) in [6, 6.07) is 8.24. The van der Waals surface area contributed by atoms with Gasteiger partial charge in [-0.15, -0.1) is 0 Å². The van der Waals surface area contributed by atoms with Crippen LogP contribution in [0, 0.1) is 0 Å². The third kappa shape index (κ3) is 4.61. The fourth-order valence-electron chi connectivity index (χ4n) is 1.62. The summed E-state index contributed by atoms with van der Waals surface area (Å²) >= 11 is 0. The maximum absolute atomic E-state index is 5.80. The summed E-state index contributed by atoms with van der Waals surface area (Å²) in [4.78, 5) is 0. The minimum Gasteiger partial charge on any atom is -0.489 e. The van der Waals surface area contributed by atoms with Gasteiger partial charge in [-0.05, 0) is 24.1 Å². The van der Waals surface area contributed by atoms with Gasteiger partial charge in [-0.25, -0.2) is 0 Å². The van der Waals surface area contributed by atoms with Crippen molar-refractivity contribution in [2.45, 2.75) is 26.2 Å². The van der Waals surface area contributed by atoms with Crippen LogP contribution in [-0.2, 0) is 5.41 Å². The molecule has 0 spiro atoms. The molecule has 0 aliphatic rings. The summed E-state index contributed by atoms with van der Waals surface area (Å²) in [6.45, 7) is 8.10. The van der Waals surface area contributed by atoms with Crippen molar-refractivity contribution in [3.63, 3.8) is 0 Å². The van der Waals surface area contributed by atoms with Crippen LogP contribution < -0.4 is 10.1 Å². The lowest BCUT2D eigenvalue weighted by Gasteiger charge is -2.22. The highest BCUT2D eigenvalue weighted by atomic mass is 16.5. The number of hydrogen-bond donors (Lipinski definition) is 1. The van der Waals surface area contributed by atoms with Crippen molar-refractivity contribution in [3.05, 3.63) is 42.0 Å². The molecule has 0 aliphatic heterocycles. The molecule has 0 bridgehead atoms. The number of nitrogens with one attached hydrogen (secondary N) is 1. The van der Waals surface area contributed by atoms with E-state index in [1.165, 1.54) is 5.56 Å². The smallest absolute Gasteiger partial charge is 0.123 e. The van der Waals surface area contributed by atoms with Gasteiger partial charge >= 0.3 is 0 Å². The van der Waals surface area contributed by atoms with E-state index in [1.54, 1.807) is 0 Å². The number of para-hydroxylation sites is 1. The Bertz CT molecular complexity index is 363. The van der Waals surface area contributed by atoms with Gasteiger partial charge in [0, 0.05) is 6.54 Å². The highest BCUT2D eigenvalue weighted by molar-refractivity contribution is 5.38. The molecule has 1 N–H and O–H groups in total. The molecule has 0 atom stereocenters. The zero-order chi connectivity index (χ0) is 12.7. The Hall–Kier alpha value is -1.28. The molecule has 2 heteroatoms. The Kier molecular flexibility index (Phi) is 5.23. The van der Waals surface area contributed by atoms with Crippen LogP contribution >= 0.6 is 0 Å². The predicted octanol–water partition coefficient (Wildman–Crippen LogP) is 3.14. The molecule has 17 heavy (non-hydrogen) atoms. The normalized spacial score (nSPS) is 12.0. The molecule has 0 heterocycles. The molecular weight excluding hydrogens is 210 g/mol. The van der Waals surface area contributed by atoms with E-state index < -0.39 is 0 Å². The SMILES string of the molecule is CNC/C=C/COc1ccccc1C(C)(C)C. The number of rotatable bonds is 5. The van der Waals surface area contributed by atoms with Crippen molar-refractivity contribution in [1.29, 1.82) is 0 Å². The van der Waals surface area contributed by atoms with Crippen molar-refractivity contribution in [3.8, 4) is 5.75 Å².